The second kappa shape index (κ2) is 10.7. The first-order chi connectivity index (χ1) is 14.8. The number of benzene rings is 2. The van der Waals surface area contributed by atoms with Crippen LogP contribution in [0.2, 0.25) is 5.02 Å². The highest BCUT2D eigenvalue weighted by molar-refractivity contribution is 6.30. The molecule has 0 radical (unpaired) electrons. The molecule has 1 atom stereocenters. The van der Waals surface area contributed by atoms with Crippen LogP contribution in [-0.4, -0.2) is 35.4 Å². The summed E-state index contributed by atoms with van der Waals surface area (Å²) in [6.07, 6.45) is 4.27. The number of amides is 2. The smallest absolute Gasteiger partial charge is 0.261 e. The van der Waals surface area contributed by atoms with Gasteiger partial charge in [0, 0.05) is 17.6 Å². The van der Waals surface area contributed by atoms with Crippen molar-refractivity contribution in [3.63, 3.8) is 0 Å². The third kappa shape index (κ3) is 6.47. The topological polar surface area (TPSA) is 58.6 Å². The fourth-order valence-corrected chi connectivity index (χ4v) is 3.92. The summed E-state index contributed by atoms with van der Waals surface area (Å²) in [6, 6.07) is 12.7. The maximum atomic E-state index is 13.1. The summed E-state index contributed by atoms with van der Waals surface area (Å²) in [5, 5.41) is 3.73. The second-order valence-electron chi connectivity index (χ2n) is 8.35. The first-order valence-electron chi connectivity index (χ1n) is 10.9. The van der Waals surface area contributed by atoms with Gasteiger partial charge in [0.1, 0.15) is 11.8 Å². The van der Waals surface area contributed by atoms with Gasteiger partial charge >= 0.3 is 0 Å². The van der Waals surface area contributed by atoms with Crippen molar-refractivity contribution in [1.82, 2.24) is 10.2 Å². The van der Waals surface area contributed by atoms with Crippen molar-refractivity contribution in [3.05, 3.63) is 64.2 Å². The van der Waals surface area contributed by atoms with Gasteiger partial charge in [-0.3, -0.25) is 9.59 Å². The highest BCUT2D eigenvalue weighted by Gasteiger charge is 2.28. The van der Waals surface area contributed by atoms with E-state index in [0.717, 1.165) is 36.8 Å². The molecular weight excluding hydrogens is 412 g/mol. The molecule has 0 spiro atoms. The molecule has 1 fully saturated rings. The number of rotatable bonds is 8. The maximum absolute atomic E-state index is 13.1. The minimum atomic E-state index is -0.605. The summed E-state index contributed by atoms with van der Waals surface area (Å²) in [6.45, 7) is 5.99. The van der Waals surface area contributed by atoms with Crippen LogP contribution in [0.25, 0.3) is 0 Å². The largest absolute Gasteiger partial charge is 0.484 e. The molecular formula is C25H31ClN2O3. The molecule has 31 heavy (non-hydrogen) atoms. The molecule has 0 saturated heterocycles. The van der Waals surface area contributed by atoms with Crippen molar-refractivity contribution in [1.29, 1.82) is 0 Å². The fourth-order valence-electron chi connectivity index (χ4n) is 3.79. The number of aryl methyl sites for hydroxylation is 2. The predicted molar refractivity (Wildman–Crippen MR) is 123 cm³/mol. The van der Waals surface area contributed by atoms with Gasteiger partial charge < -0.3 is 15.0 Å². The molecule has 1 aliphatic rings. The molecule has 1 aliphatic carbocycles. The average Bonchev–Trinajstić information content (AvgIpc) is 3.26. The molecule has 166 valence electrons. The Morgan fingerprint density at radius 1 is 1.10 bits per heavy atom. The molecule has 3 rings (SSSR count). The molecule has 5 nitrogen and oxygen atoms in total. The van der Waals surface area contributed by atoms with E-state index in [1.807, 2.05) is 44.2 Å². The standard InChI is InChI=1S/C25H31ClN2O3/c1-17-8-13-23(14-18(17)2)31-16-24(29)28(15-20-9-11-21(26)12-10-20)19(3)25(30)27-22-6-4-5-7-22/h8-14,19,22H,4-7,15-16H2,1-3H3,(H,27,30)/t19-/m1/s1. The minimum absolute atomic E-state index is 0.125. The van der Waals surface area contributed by atoms with Gasteiger partial charge in [-0.1, -0.05) is 42.6 Å². The van der Waals surface area contributed by atoms with E-state index in [2.05, 4.69) is 5.32 Å². The van der Waals surface area contributed by atoms with Gasteiger partial charge in [0.2, 0.25) is 5.91 Å². The van der Waals surface area contributed by atoms with Crippen LogP contribution < -0.4 is 10.1 Å². The fraction of sp³-hybridized carbons (Fsp3) is 0.440. The van der Waals surface area contributed by atoms with Crippen LogP contribution in [0.15, 0.2) is 42.5 Å². The Kier molecular flexibility index (Phi) is 7.97. The molecule has 1 N–H and O–H groups in total. The SMILES string of the molecule is Cc1ccc(OCC(=O)N(Cc2ccc(Cl)cc2)[C@H](C)C(=O)NC2CCCC2)cc1C. The van der Waals surface area contributed by atoms with Gasteiger partial charge in [-0.15, -0.1) is 0 Å². The molecule has 0 bridgehead atoms. The Labute approximate surface area is 189 Å². The van der Waals surface area contributed by atoms with Crippen molar-refractivity contribution in [2.75, 3.05) is 6.61 Å². The number of halogens is 1. The summed E-state index contributed by atoms with van der Waals surface area (Å²) in [4.78, 5) is 27.6. The first-order valence-corrected chi connectivity index (χ1v) is 11.3. The van der Waals surface area contributed by atoms with Crippen molar-refractivity contribution >= 4 is 23.4 Å². The Morgan fingerprint density at radius 2 is 1.77 bits per heavy atom. The molecule has 0 heterocycles. The quantitative estimate of drug-likeness (QED) is 0.638. The number of nitrogens with zero attached hydrogens (tertiary/aromatic N) is 1. The van der Waals surface area contributed by atoms with Gasteiger partial charge in [0.05, 0.1) is 0 Å². The van der Waals surface area contributed by atoms with Crippen molar-refractivity contribution in [2.45, 2.75) is 65.1 Å². The lowest BCUT2D eigenvalue weighted by molar-refractivity contribution is -0.142. The van der Waals surface area contributed by atoms with Crippen LogP contribution >= 0.6 is 11.6 Å². The number of ether oxygens (including phenoxy) is 1. The Balaban J connectivity index is 1.71. The molecule has 2 aromatic rings. The molecule has 2 amide bonds. The third-order valence-electron chi connectivity index (χ3n) is 5.98. The summed E-state index contributed by atoms with van der Waals surface area (Å²) < 4.78 is 5.76. The molecule has 0 aromatic heterocycles. The van der Waals surface area contributed by atoms with E-state index >= 15 is 0 Å². The number of carbonyl (C=O) groups excluding carboxylic acids is 2. The van der Waals surface area contributed by atoms with E-state index in [4.69, 9.17) is 16.3 Å². The van der Waals surface area contributed by atoms with Gasteiger partial charge in [0.25, 0.3) is 5.91 Å². The van der Waals surface area contributed by atoms with Crippen molar-refractivity contribution in [3.8, 4) is 5.75 Å². The van der Waals surface area contributed by atoms with Crippen LogP contribution in [0, 0.1) is 13.8 Å². The second-order valence-corrected chi connectivity index (χ2v) is 8.79. The van der Waals surface area contributed by atoms with E-state index < -0.39 is 6.04 Å². The molecule has 6 heteroatoms. The highest BCUT2D eigenvalue weighted by atomic mass is 35.5. The lowest BCUT2D eigenvalue weighted by Crippen LogP contribution is -2.50. The monoisotopic (exact) mass is 442 g/mol. The molecule has 2 aromatic carbocycles. The van der Waals surface area contributed by atoms with E-state index in [1.165, 1.54) is 5.56 Å². The normalized spacial score (nSPS) is 14.8. The zero-order valence-corrected chi connectivity index (χ0v) is 19.2. The van der Waals surface area contributed by atoms with Crippen molar-refractivity contribution < 1.29 is 14.3 Å². The van der Waals surface area contributed by atoms with Crippen LogP contribution in [0.3, 0.4) is 0 Å². The number of carbonyl (C=O) groups is 2. The van der Waals surface area contributed by atoms with Gasteiger partial charge in [0.15, 0.2) is 6.61 Å². The van der Waals surface area contributed by atoms with Crippen LogP contribution in [-0.2, 0) is 16.1 Å². The molecule has 0 unspecified atom stereocenters. The number of nitrogens with one attached hydrogen (secondary N) is 1. The third-order valence-corrected chi connectivity index (χ3v) is 6.23. The summed E-state index contributed by atoms with van der Waals surface area (Å²) in [5.74, 6) is 0.286. The lowest BCUT2D eigenvalue weighted by Gasteiger charge is -2.29. The summed E-state index contributed by atoms with van der Waals surface area (Å²) >= 11 is 6.00. The Morgan fingerprint density at radius 3 is 2.42 bits per heavy atom. The number of hydrogen-bond donors (Lipinski definition) is 1. The molecule has 1 saturated carbocycles. The van der Waals surface area contributed by atoms with E-state index in [1.54, 1.807) is 24.0 Å². The minimum Gasteiger partial charge on any atom is -0.484 e. The van der Waals surface area contributed by atoms with Gasteiger partial charge in [-0.2, -0.15) is 0 Å². The molecule has 0 aliphatic heterocycles. The first kappa shape index (κ1) is 23.1. The van der Waals surface area contributed by atoms with E-state index in [0.29, 0.717) is 17.3 Å². The van der Waals surface area contributed by atoms with Gasteiger partial charge in [-0.05, 0) is 74.6 Å². The summed E-state index contributed by atoms with van der Waals surface area (Å²) in [7, 11) is 0. The van der Waals surface area contributed by atoms with E-state index in [-0.39, 0.29) is 24.5 Å². The zero-order chi connectivity index (χ0) is 22.4. The highest BCUT2D eigenvalue weighted by Crippen LogP contribution is 2.20. The van der Waals surface area contributed by atoms with Crippen LogP contribution in [0.1, 0.15) is 49.3 Å². The number of hydrogen-bond acceptors (Lipinski definition) is 3. The van der Waals surface area contributed by atoms with Crippen LogP contribution in [0.4, 0.5) is 0 Å². The van der Waals surface area contributed by atoms with Crippen molar-refractivity contribution in [2.24, 2.45) is 0 Å². The van der Waals surface area contributed by atoms with E-state index in [9.17, 15) is 9.59 Å². The Hall–Kier alpha value is -2.53. The predicted octanol–water partition coefficient (Wildman–Crippen LogP) is 4.81. The van der Waals surface area contributed by atoms with Crippen LogP contribution in [0.5, 0.6) is 5.75 Å². The zero-order valence-electron chi connectivity index (χ0n) is 18.5. The lowest BCUT2D eigenvalue weighted by atomic mass is 10.1. The van der Waals surface area contributed by atoms with Gasteiger partial charge in [-0.25, -0.2) is 0 Å². The average molecular weight is 443 g/mol. The summed E-state index contributed by atoms with van der Waals surface area (Å²) in [5.41, 5.74) is 3.18. The maximum Gasteiger partial charge on any atom is 0.261 e. The Bertz CT molecular complexity index is 907.